The summed E-state index contributed by atoms with van der Waals surface area (Å²) < 4.78 is 9.74. The van der Waals surface area contributed by atoms with Crippen LogP contribution in [0.5, 0.6) is 0 Å². The zero-order valence-electron chi connectivity index (χ0n) is 13.8. The lowest BCUT2D eigenvalue weighted by atomic mass is 9.98. The Balaban J connectivity index is 2.05. The molecule has 0 radical (unpaired) electrons. The third kappa shape index (κ3) is 2.67. The molecule has 2 aromatic rings. The molecule has 0 bridgehead atoms. The number of hydrogen-bond donors (Lipinski definition) is 1. The Morgan fingerprint density at radius 2 is 1.75 bits per heavy atom. The first-order valence-electron chi connectivity index (χ1n) is 7.64. The highest BCUT2D eigenvalue weighted by molar-refractivity contribution is 5.95. The third-order valence-corrected chi connectivity index (χ3v) is 4.34. The molecule has 1 N–H and O–H groups in total. The molecule has 0 fully saturated rings. The number of esters is 2. The second kappa shape index (κ2) is 6.09. The lowest BCUT2D eigenvalue weighted by Gasteiger charge is -2.23. The molecule has 24 heavy (non-hydrogen) atoms. The van der Waals surface area contributed by atoms with Gasteiger partial charge in [0.25, 0.3) is 0 Å². The highest BCUT2D eigenvalue weighted by Gasteiger charge is 2.44. The maximum absolute atomic E-state index is 12.2. The van der Waals surface area contributed by atoms with E-state index in [0.717, 1.165) is 16.3 Å². The molecule has 0 unspecified atom stereocenters. The molecule has 1 aliphatic heterocycles. The standard InChI is InChI=1S/C19H19NO4/c1-19(18(22)24-3)11-15(17(21)23-2)16(20-19)14-9-8-12-6-4-5-7-13(12)10-14/h4-11,16,20H,1-3H3/t16-,19+/m1/s1. The monoisotopic (exact) mass is 325 g/mol. The number of methoxy groups -OCH3 is 2. The van der Waals surface area contributed by atoms with Crippen molar-refractivity contribution in [2.24, 2.45) is 0 Å². The van der Waals surface area contributed by atoms with Gasteiger partial charge in [0, 0.05) is 0 Å². The van der Waals surface area contributed by atoms with Crippen LogP contribution < -0.4 is 5.32 Å². The summed E-state index contributed by atoms with van der Waals surface area (Å²) in [6.07, 6.45) is 1.59. The predicted octanol–water partition coefficient (Wildman–Crippen LogP) is 2.52. The van der Waals surface area contributed by atoms with Gasteiger partial charge < -0.3 is 9.47 Å². The molecule has 1 aliphatic rings. The number of nitrogens with one attached hydrogen (secondary N) is 1. The fourth-order valence-electron chi connectivity index (χ4n) is 3.09. The third-order valence-electron chi connectivity index (χ3n) is 4.34. The number of fused-ring (bicyclic) bond motifs is 1. The molecular weight excluding hydrogens is 306 g/mol. The topological polar surface area (TPSA) is 64.6 Å². The van der Waals surface area contributed by atoms with Crippen LogP contribution in [0.2, 0.25) is 0 Å². The first-order chi connectivity index (χ1) is 11.5. The van der Waals surface area contributed by atoms with Gasteiger partial charge in [-0.2, -0.15) is 0 Å². The van der Waals surface area contributed by atoms with Gasteiger partial charge in [0.05, 0.1) is 25.8 Å². The SMILES string of the molecule is COC(=O)C1=C[C@@](C)(C(=O)OC)N[C@@H]1c1ccc2ccccc2c1. The highest BCUT2D eigenvalue weighted by Crippen LogP contribution is 2.35. The summed E-state index contributed by atoms with van der Waals surface area (Å²) >= 11 is 0. The zero-order chi connectivity index (χ0) is 17.3. The van der Waals surface area contributed by atoms with Crippen LogP contribution in [0.1, 0.15) is 18.5 Å². The van der Waals surface area contributed by atoms with Gasteiger partial charge in [-0.15, -0.1) is 0 Å². The Morgan fingerprint density at radius 3 is 2.42 bits per heavy atom. The number of ether oxygens (including phenoxy) is 2. The van der Waals surface area contributed by atoms with E-state index in [2.05, 4.69) is 5.32 Å². The summed E-state index contributed by atoms with van der Waals surface area (Å²) in [6.45, 7) is 1.68. The van der Waals surface area contributed by atoms with Crippen LogP contribution in [0.25, 0.3) is 10.8 Å². The first-order valence-corrected chi connectivity index (χ1v) is 7.64. The van der Waals surface area contributed by atoms with E-state index in [1.807, 2.05) is 42.5 Å². The van der Waals surface area contributed by atoms with Gasteiger partial charge in [-0.25, -0.2) is 9.59 Å². The van der Waals surface area contributed by atoms with Gasteiger partial charge in [-0.1, -0.05) is 36.4 Å². The summed E-state index contributed by atoms with van der Waals surface area (Å²) in [4.78, 5) is 24.3. The molecule has 1 heterocycles. The average Bonchev–Trinajstić information content (AvgIpc) is 2.99. The molecule has 0 spiro atoms. The summed E-state index contributed by atoms with van der Waals surface area (Å²) in [5.74, 6) is -0.916. The highest BCUT2D eigenvalue weighted by atomic mass is 16.5. The first kappa shape index (κ1) is 16.2. The van der Waals surface area contributed by atoms with Crippen LogP contribution in [0, 0.1) is 0 Å². The van der Waals surface area contributed by atoms with Crippen molar-refractivity contribution in [3.63, 3.8) is 0 Å². The average molecular weight is 325 g/mol. The molecule has 2 aromatic carbocycles. The van der Waals surface area contributed by atoms with Gasteiger partial charge in [0.15, 0.2) is 0 Å². The summed E-state index contributed by atoms with van der Waals surface area (Å²) in [5, 5.41) is 5.37. The second-order valence-electron chi connectivity index (χ2n) is 5.97. The van der Waals surface area contributed by atoms with E-state index in [-0.39, 0.29) is 0 Å². The minimum Gasteiger partial charge on any atom is -0.467 e. The number of rotatable bonds is 3. The minimum absolute atomic E-state index is 0.403. The van der Waals surface area contributed by atoms with Gasteiger partial charge in [-0.05, 0) is 35.4 Å². The van der Waals surface area contributed by atoms with E-state index < -0.39 is 23.5 Å². The van der Waals surface area contributed by atoms with E-state index >= 15 is 0 Å². The van der Waals surface area contributed by atoms with Crippen molar-refractivity contribution >= 4 is 22.7 Å². The van der Waals surface area contributed by atoms with Crippen LogP contribution in [-0.4, -0.2) is 31.7 Å². The van der Waals surface area contributed by atoms with Crippen molar-refractivity contribution < 1.29 is 19.1 Å². The maximum Gasteiger partial charge on any atom is 0.335 e. The summed E-state index contributed by atoms with van der Waals surface area (Å²) in [5.41, 5.74) is 0.216. The largest absolute Gasteiger partial charge is 0.467 e. The van der Waals surface area contributed by atoms with Crippen molar-refractivity contribution in [1.82, 2.24) is 5.32 Å². The van der Waals surface area contributed by atoms with Crippen molar-refractivity contribution in [3.05, 3.63) is 59.7 Å². The van der Waals surface area contributed by atoms with Crippen LogP contribution >= 0.6 is 0 Å². The molecule has 124 valence electrons. The van der Waals surface area contributed by atoms with Crippen LogP contribution in [0.4, 0.5) is 0 Å². The fraction of sp³-hybridized carbons (Fsp3) is 0.263. The molecule has 5 nitrogen and oxygen atoms in total. The summed E-state index contributed by atoms with van der Waals surface area (Å²) in [7, 11) is 2.65. The predicted molar refractivity (Wildman–Crippen MR) is 90.3 cm³/mol. The molecule has 5 heteroatoms. The Morgan fingerprint density at radius 1 is 1.04 bits per heavy atom. The molecule has 3 rings (SSSR count). The quantitative estimate of drug-likeness (QED) is 0.879. The van der Waals surface area contributed by atoms with E-state index in [0.29, 0.717) is 5.57 Å². The number of carbonyl (C=O) groups is 2. The number of carbonyl (C=O) groups excluding carboxylic acids is 2. The maximum atomic E-state index is 12.2. The zero-order valence-corrected chi connectivity index (χ0v) is 13.8. The number of benzene rings is 2. The molecule has 0 saturated carbocycles. The lowest BCUT2D eigenvalue weighted by molar-refractivity contribution is -0.145. The van der Waals surface area contributed by atoms with Crippen molar-refractivity contribution in [2.75, 3.05) is 14.2 Å². The second-order valence-corrected chi connectivity index (χ2v) is 5.97. The molecule has 0 aliphatic carbocycles. The van der Waals surface area contributed by atoms with Crippen LogP contribution in [-0.2, 0) is 19.1 Å². The van der Waals surface area contributed by atoms with Gasteiger partial charge in [0.2, 0.25) is 0 Å². The normalized spacial score (nSPS) is 23.0. The minimum atomic E-state index is -1.07. The number of hydrogen-bond acceptors (Lipinski definition) is 5. The van der Waals surface area contributed by atoms with E-state index in [4.69, 9.17) is 9.47 Å². The fourth-order valence-corrected chi connectivity index (χ4v) is 3.09. The van der Waals surface area contributed by atoms with Crippen molar-refractivity contribution in [1.29, 1.82) is 0 Å². The van der Waals surface area contributed by atoms with Crippen LogP contribution in [0.3, 0.4) is 0 Å². The Labute approximate surface area is 140 Å². The smallest absolute Gasteiger partial charge is 0.335 e. The van der Waals surface area contributed by atoms with Gasteiger partial charge in [0.1, 0.15) is 5.54 Å². The van der Waals surface area contributed by atoms with Crippen molar-refractivity contribution in [2.45, 2.75) is 18.5 Å². The molecule has 0 saturated heterocycles. The van der Waals surface area contributed by atoms with E-state index in [9.17, 15) is 9.59 Å². The Kier molecular flexibility index (Phi) is 4.11. The van der Waals surface area contributed by atoms with Gasteiger partial charge in [-0.3, -0.25) is 5.32 Å². The van der Waals surface area contributed by atoms with Crippen molar-refractivity contribution in [3.8, 4) is 0 Å². The molecule has 2 atom stereocenters. The van der Waals surface area contributed by atoms with E-state index in [1.165, 1.54) is 14.2 Å². The Hall–Kier alpha value is -2.66. The summed E-state index contributed by atoms with van der Waals surface area (Å²) in [6, 6.07) is 13.5. The Bertz CT molecular complexity index is 842. The van der Waals surface area contributed by atoms with Crippen LogP contribution in [0.15, 0.2) is 54.1 Å². The van der Waals surface area contributed by atoms with Gasteiger partial charge >= 0.3 is 11.9 Å². The lowest BCUT2D eigenvalue weighted by Crippen LogP contribution is -2.46. The molecular formula is C19H19NO4. The molecule has 0 aromatic heterocycles. The molecule has 0 amide bonds. The van der Waals surface area contributed by atoms with E-state index in [1.54, 1.807) is 13.0 Å².